The third-order valence-electron chi connectivity index (χ3n) is 3.80. The maximum atomic E-state index is 8.98. The Morgan fingerprint density at radius 2 is 1.96 bits per heavy atom. The van der Waals surface area contributed by atoms with E-state index in [4.69, 9.17) is 5.26 Å². The molecule has 124 valence electrons. The van der Waals surface area contributed by atoms with Crippen molar-refractivity contribution in [3.8, 4) is 6.07 Å². The Balaban J connectivity index is 1.84. The lowest BCUT2D eigenvalue weighted by molar-refractivity contribution is 0.981. The number of nitriles is 1. The number of benzene rings is 2. The summed E-state index contributed by atoms with van der Waals surface area (Å²) in [6, 6.07) is 15.4. The molecule has 0 spiro atoms. The van der Waals surface area contributed by atoms with Gasteiger partial charge >= 0.3 is 0 Å². The Bertz CT molecular complexity index is 929. The summed E-state index contributed by atoms with van der Waals surface area (Å²) in [6.45, 7) is 4.18. The Hall–Kier alpha value is -3.46. The number of rotatable bonds is 5. The van der Waals surface area contributed by atoms with Crippen molar-refractivity contribution in [2.75, 3.05) is 10.6 Å². The first-order chi connectivity index (χ1) is 12.2. The molecule has 3 rings (SSSR count). The smallest absolute Gasteiger partial charge is 0.249 e. The summed E-state index contributed by atoms with van der Waals surface area (Å²) < 4.78 is 0. The highest BCUT2D eigenvalue weighted by molar-refractivity contribution is 5.65. The number of hydrogen-bond donors (Lipinski definition) is 2. The lowest BCUT2D eigenvalue weighted by Gasteiger charge is -2.13. The number of nitrogens with zero attached hydrogens (tertiary/aromatic N) is 4. The average molecular weight is 330 g/mol. The largest absolute Gasteiger partial charge is 0.338 e. The van der Waals surface area contributed by atoms with Crippen LogP contribution in [0.2, 0.25) is 0 Å². The molecular weight excluding hydrogens is 312 g/mol. The maximum absolute atomic E-state index is 8.98. The number of nitrogens with one attached hydrogen (secondary N) is 2. The van der Waals surface area contributed by atoms with E-state index in [0.29, 0.717) is 17.3 Å². The van der Waals surface area contributed by atoms with Gasteiger partial charge in [-0.05, 0) is 42.7 Å². The van der Waals surface area contributed by atoms with Crippen molar-refractivity contribution >= 4 is 23.1 Å². The van der Waals surface area contributed by atoms with Gasteiger partial charge in [0.2, 0.25) is 5.95 Å². The normalized spacial score (nSPS) is 10.1. The highest BCUT2D eigenvalue weighted by Crippen LogP contribution is 2.24. The van der Waals surface area contributed by atoms with Crippen LogP contribution in [0.3, 0.4) is 0 Å². The summed E-state index contributed by atoms with van der Waals surface area (Å²) in [5.41, 5.74) is 4.72. The molecule has 2 N–H and O–H groups in total. The van der Waals surface area contributed by atoms with Crippen LogP contribution in [0.25, 0.3) is 0 Å². The standard InChI is InChI=1S/C19H18N6/c1-3-15-8-4-6-13(2)18(15)23-17-12-21-25-19(24-17)22-16-9-5-7-14(10-16)11-20/h4-10,12H,3H2,1-2H3,(H2,22,23,24,25). The van der Waals surface area contributed by atoms with Crippen LogP contribution in [0, 0.1) is 18.3 Å². The van der Waals surface area contributed by atoms with Gasteiger partial charge in [-0.3, -0.25) is 0 Å². The predicted molar refractivity (Wildman–Crippen MR) is 98.1 cm³/mol. The molecular formula is C19H18N6. The van der Waals surface area contributed by atoms with E-state index in [9.17, 15) is 0 Å². The van der Waals surface area contributed by atoms with Crippen molar-refractivity contribution in [3.05, 3.63) is 65.4 Å². The van der Waals surface area contributed by atoms with E-state index in [0.717, 1.165) is 23.4 Å². The summed E-state index contributed by atoms with van der Waals surface area (Å²) in [6.07, 6.45) is 2.51. The quantitative estimate of drug-likeness (QED) is 0.732. The van der Waals surface area contributed by atoms with Gasteiger partial charge in [-0.1, -0.05) is 31.2 Å². The molecule has 0 unspecified atom stereocenters. The van der Waals surface area contributed by atoms with Gasteiger partial charge in [-0.2, -0.15) is 15.3 Å². The van der Waals surface area contributed by atoms with Crippen LogP contribution in [0.15, 0.2) is 48.7 Å². The van der Waals surface area contributed by atoms with Crippen molar-refractivity contribution in [1.82, 2.24) is 15.2 Å². The molecule has 1 heterocycles. The summed E-state index contributed by atoms with van der Waals surface area (Å²) in [5.74, 6) is 0.977. The third kappa shape index (κ3) is 3.90. The molecule has 0 aliphatic heterocycles. The number of para-hydroxylation sites is 1. The number of aromatic nitrogens is 3. The van der Waals surface area contributed by atoms with E-state index >= 15 is 0 Å². The highest BCUT2D eigenvalue weighted by Gasteiger charge is 2.07. The van der Waals surface area contributed by atoms with Crippen molar-refractivity contribution in [3.63, 3.8) is 0 Å². The average Bonchev–Trinajstić information content (AvgIpc) is 2.64. The molecule has 0 amide bonds. The van der Waals surface area contributed by atoms with Crippen LogP contribution >= 0.6 is 0 Å². The second kappa shape index (κ2) is 7.41. The Labute approximate surface area is 146 Å². The summed E-state index contributed by atoms with van der Waals surface area (Å²) in [7, 11) is 0. The predicted octanol–water partition coefficient (Wildman–Crippen LogP) is 4.10. The fraction of sp³-hybridized carbons (Fsp3) is 0.158. The van der Waals surface area contributed by atoms with Crippen molar-refractivity contribution in [1.29, 1.82) is 5.26 Å². The van der Waals surface area contributed by atoms with Gasteiger partial charge in [0, 0.05) is 11.4 Å². The Morgan fingerprint density at radius 1 is 1.12 bits per heavy atom. The molecule has 0 aliphatic rings. The van der Waals surface area contributed by atoms with Crippen LogP contribution in [0.1, 0.15) is 23.6 Å². The molecule has 6 heteroatoms. The minimum atomic E-state index is 0.367. The summed E-state index contributed by atoms with van der Waals surface area (Å²) >= 11 is 0. The van der Waals surface area contributed by atoms with E-state index in [-0.39, 0.29) is 0 Å². The first-order valence-corrected chi connectivity index (χ1v) is 8.02. The van der Waals surface area contributed by atoms with Gasteiger partial charge in [0.25, 0.3) is 0 Å². The fourth-order valence-electron chi connectivity index (χ4n) is 2.54. The molecule has 0 saturated heterocycles. The molecule has 3 aromatic rings. The van der Waals surface area contributed by atoms with Crippen LogP contribution in [0.5, 0.6) is 0 Å². The van der Waals surface area contributed by atoms with Gasteiger partial charge in [0.05, 0.1) is 17.8 Å². The van der Waals surface area contributed by atoms with Crippen molar-refractivity contribution in [2.45, 2.75) is 20.3 Å². The monoisotopic (exact) mass is 330 g/mol. The van der Waals surface area contributed by atoms with Crippen molar-refractivity contribution in [2.24, 2.45) is 0 Å². The third-order valence-corrected chi connectivity index (χ3v) is 3.80. The molecule has 1 aromatic heterocycles. The minimum Gasteiger partial charge on any atom is -0.338 e. The Kier molecular flexibility index (Phi) is 4.86. The van der Waals surface area contributed by atoms with E-state index in [1.165, 1.54) is 5.56 Å². The van der Waals surface area contributed by atoms with Crippen LogP contribution in [-0.2, 0) is 6.42 Å². The van der Waals surface area contributed by atoms with Crippen molar-refractivity contribution < 1.29 is 0 Å². The zero-order valence-electron chi connectivity index (χ0n) is 14.1. The molecule has 0 atom stereocenters. The van der Waals surface area contributed by atoms with Crippen LogP contribution in [-0.4, -0.2) is 15.2 Å². The molecule has 2 aromatic carbocycles. The van der Waals surface area contributed by atoms with Gasteiger partial charge in [0.1, 0.15) is 0 Å². The first kappa shape index (κ1) is 16.4. The maximum Gasteiger partial charge on any atom is 0.249 e. The molecule has 0 saturated carbocycles. The van der Waals surface area contributed by atoms with E-state index in [2.05, 4.69) is 57.9 Å². The second-order valence-electron chi connectivity index (χ2n) is 5.57. The summed E-state index contributed by atoms with van der Waals surface area (Å²) in [4.78, 5) is 4.46. The second-order valence-corrected chi connectivity index (χ2v) is 5.57. The van der Waals surface area contributed by atoms with Gasteiger partial charge in [0.15, 0.2) is 5.82 Å². The van der Waals surface area contributed by atoms with E-state index < -0.39 is 0 Å². The van der Waals surface area contributed by atoms with Gasteiger partial charge in [-0.25, -0.2) is 0 Å². The van der Waals surface area contributed by atoms with Crippen LogP contribution in [0.4, 0.5) is 23.1 Å². The number of aryl methyl sites for hydroxylation is 2. The SMILES string of the molecule is CCc1cccc(C)c1Nc1cnnc(Nc2cccc(C#N)c2)n1. The number of anilines is 4. The highest BCUT2D eigenvalue weighted by atomic mass is 15.3. The molecule has 0 radical (unpaired) electrons. The zero-order valence-corrected chi connectivity index (χ0v) is 14.1. The fourth-order valence-corrected chi connectivity index (χ4v) is 2.54. The van der Waals surface area contributed by atoms with Gasteiger partial charge in [-0.15, -0.1) is 5.10 Å². The number of hydrogen-bond acceptors (Lipinski definition) is 6. The van der Waals surface area contributed by atoms with Gasteiger partial charge < -0.3 is 10.6 Å². The zero-order chi connectivity index (χ0) is 17.6. The Morgan fingerprint density at radius 3 is 2.76 bits per heavy atom. The first-order valence-electron chi connectivity index (χ1n) is 8.02. The van der Waals surface area contributed by atoms with Crippen LogP contribution < -0.4 is 10.6 Å². The summed E-state index contributed by atoms with van der Waals surface area (Å²) in [5, 5.41) is 23.4. The van der Waals surface area contributed by atoms with E-state index in [1.54, 1.807) is 24.4 Å². The molecule has 25 heavy (non-hydrogen) atoms. The molecule has 6 nitrogen and oxygen atoms in total. The van der Waals surface area contributed by atoms with E-state index in [1.807, 2.05) is 12.1 Å². The molecule has 0 bridgehead atoms. The molecule has 0 aliphatic carbocycles. The lowest BCUT2D eigenvalue weighted by atomic mass is 10.1. The molecule has 0 fully saturated rings. The minimum absolute atomic E-state index is 0.367. The lowest BCUT2D eigenvalue weighted by Crippen LogP contribution is -2.04. The topological polar surface area (TPSA) is 86.5 Å².